The number of furan rings is 3. The molecule has 0 spiro atoms. The van der Waals surface area contributed by atoms with Gasteiger partial charge in [0.1, 0.15) is 27.9 Å². The summed E-state index contributed by atoms with van der Waals surface area (Å²) in [4.78, 5) is 2.33. The average molecular weight is 718 g/mol. The van der Waals surface area contributed by atoms with Crippen molar-refractivity contribution in [3.63, 3.8) is 0 Å². The van der Waals surface area contributed by atoms with Crippen molar-refractivity contribution < 1.29 is 13.3 Å². The van der Waals surface area contributed by atoms with Crippen LogP contribution in [0.5, 0.6) is 0 Å². The minimum atomic E-state index is 0.790. The number of benzene rings is 9. The Morgan fingerprint density at radius 1 is 0.321 bits per heavy atom. The molecular formula is C52H31NO3. The van der Waals surface area contributed by atoms with Crippen LogP contribution in [0.1, 0.15) is 0 Å². The molecule has 0 N–H and O–H groups in total. The molecule has 3 aromatic heterocycles. The SMILES string of the molecule is c1ccc(-c2ccc(N(c3ccc4ccccc4c3)c3cc(-c4cccc5c4oc4ccccc45)cc4c3oc3ccc5oc6ccccc6c5c34)cc2)cc1. The van der Waals surface area contributed by atoms with Gasteiger partial charge >= 0.3 is 0 Å². The van der Waals surface area contributed by atoms with Crippen LogP contribution in [-0.2, 0) is 0 Å². The van der Waals surface area contributed by atoms with Gasteiger partial charge in [-0.2, -0.15) is 0 Å². The fourth-order valence-electron chi connectivity index (χ4n) is 8.64. The molecular weight excluding hydrogens is 687 g/mol. The molecule has 4 nitrogen and oxygen atoms in total. The maximum Gasteiger partial charge on any atom is 0.159 e. The van der Waals surface area contributed by atoms with Gasteiger partial charge in [-0.1, -0.05) is 127 Å². The van der Waals surface area contributed by atoms with Gasteiger partial charge in [-0.3, -0.25) is 0 Å². The van der Waals surface area contributed by atoms with Gasteiger partial charge in [-0.15, -0.1) is 0 Å². The van der Waals surface area contributed by atoms with Crippen LogP contribution in [0.3, 0.4) is 0 Å². The van der Waals surface area contributed by atoms with Crippen molar-refractivity contribution in [3.8, 4) is 22.3 Å². The van der Waals surface area contributed by atoms with Gasteiger partial charge in [0.05, 0.1) is 5.69 Å². The molecule has 0 amide bonds. The lowest BCUT2D eigenvalue weighted by atomic mass is 9.97. The number of nitrogens with zero attached hydrogens (tertiary/aromatic N) is 1. The Morgan fingerprint density at radius 3 is 1.79 bits per heavy atom. The van der Waals surface area contributed by atoms with Crippen LogP contribution in [0.4, 0.5) is 17.1 Å². The van der Waals surface area contributed by atoms with E-state index in [1.807, 2.05) is 36.4 Å². The molecule has 12 aromatic rings. The second-order valence-corrected chi connectivity index (χ2v) is 14.4. The highest BCUT2D eigenvalue weighted by Crippen LogP contribution is 2.49. The number of para-hydroxylation sites is 3. The molecule has 0 aliphatic carbocycles. The third kappa shape index (κ3) is 4.66. The van der Waals surface area contributed by atoms with Crippen LogP contribution in [0.2, 0.25) is 0 Å². The second-order valence-electron chi connectivity index (χ2n) is 14.4. The van der Waals surface area contributed by atoms with Crippen LogP contribution in [0, 0.1) is 0 Å². The molecule has 0 radical (unpaired) electrons. The van der Waals surface area contributed by atoms with E-state index in [0.717, 1.165) is 105 Å². The molecule has 0 saturated heterocycles. The van der Waals surface area contributed by atoms with E-state index >= 15 is 0 Å². The smallest absolute Gasteiger partial charge is 0.159 e. The molecule has 0 aliphatic heterocycles. The Kier molecular flexibility index (Phi) is 6.60. The van der Waals surface area contributed by atoms with E-state index in [1.54, 1.807) is 0 Å². The summed E-state index contributed by atoms with van der Waals surface area (Å²) in [6, 6.07) is 66.1. The van der Waals surface area contributed by atoms with E-state index < -0.39 is 0 Å². The van der Waals surface area contributed by atoms with Gasteiger partial charge < -0.3 is 18.2 Å². The molecule has 4 heteroatoms. The first-order valence-electron chi connectivity index (χ1n) is 18.9. The summed E-state index contributed by atoms with van der Waals surface area (Å²) in [5, 5.41) is 8.67. The highest BCUT2D eigenvalue weighted by Gasteiger charge is 2.25. The molecule has 0 bridgehead atoms. The van der Waals surface area contributed by atoms with Gasteiger partial charge in [0.15, 0.2) is 5.58 Å². The quantitative estimate of drug-likeness (QED) is 0.178. The van der Waals surface area contributed by atoms with E-state index in [2.05, 4.69) is 157 Å². The van der Waals surface area contributed by atoms with E-state index in [-0.39, 0.29) is 0 Å². The molecule has 0 fully saturated rings. The van der Waals surface area contributed by atoms with Crippen LogP contribution >= 0.6 is 0 Å². The Labute approximate surface area is 321 Å². The Hall–Kier alpha value is -7.56. The highest BCUT2D eigenvalue weighted by atomic mass is 16.3. The molecule has 9 aromatic carbocycles. The third-order valence-electron chi connectivity index (χ3n) is 11.2. The minimum Gasteiger partial charge on any atom is -0.456 e. The summed E-state index contributed by atoms with van der Waals surface area (Å²) in [5.74, 6) is 0. The zero-order chi connectivity index (χ0) is 36.7. The van der Waals surface area contributed by atoms with Gasteiger partial charge in [-0.25, -0.2) is 0 Å². The minimum absolute atomic E-state index is 0.790. The second kappa shape index (κ2) is 12.0. The Balaban J connectivity index is 1.20. The largest absolute Gasteiger partial charge is 0.456 e. The maximum absolute atomic E-state index is 7.03. The predicted octanol–water partition coefficient (Wildman–Crippen LogP) is 15.3. The molecule has 262 valence electrons. The third-order valence-corrected chi connectivity index (χ3v) is 11.2. The first-order chi connectivity index (χ1) is 27.7. The number of fused-ring (bicyclic) bond motifs is 11. The molecule has 0 atom stereocenters. The van der Waals surface area contributed by atoms with Crippen molar-refractivity contribution in [3.05, 3.63) is 188 Å². The highest BCUT2D eigenvalue weighted by molar-refractivity contribution is 6.27. The maximum atomic E-state index is 7.03. The Bertz CT molecular complexity index is 3480. The number of anilines is 3. The van der Waals surface area contributed by atoms with Gasteiger partial charge in [0.25, 0.3) is 0 Å². The molecule has 0 unspecified atom stereocenters. The summed E-state index contributed by atoms with van der Waals surface area (Å²) in [7, 11) is 0. The van der Waals surface area contributed by atoms with Crippen molar-refractivity contribution >= 4 is 93.7 Å². The van der Waals surface area contributed by atoms with E-state index in [0.29, 0.717) is 0 Å². The first kappa shape index (κ1) is 30.9. The summed E-state index contributed by atoms with van der Waals surface area (Å²) in [5.41, 5.74) is 12.3. The first-order valence-corrected chi connectivity index (χ1v) is 18.9. The van der Waals surface area contributed by atoms with Crippen molar-refractivity contribution in [2.75, 3.05) is 4.90 Å². The summed E-state index contributed by atoms with van der Waals surface area (Å²) < 4.78 is 20.1. The lowest BCUT2D eigenvalue weighted by Gasteiger charge is -2.27. The molecule has 0 saturated carbocycles. The van der Waals surface area contributed by atoms with Crippen molar-refractivity contribution in [1.82, 2.24) is 0 Å². The molecule has 3 heterocycles. The van der Waals surface area contributed by atoms with Crippen LogP contribution in [-0.4, -0.2) is 0 Å². The Morgan fingerprint density at radius 2 is 0.946 bits per heavy atom. The summed E-state index contributed by atoms with van der Waals surface area (Å²) in [6.07, 6.45) is 0. The van der Waals surface area contributed by atoms with Crippen LogP contribution in [0.15, 0.2) is 201 Å². The fraction of sp³-hybridized carbons (Fsp3) is 0. The lowest BCUT2D eigenvalue weighted by molar-refractivity contribution is 0.663. The molecule has 56 heavy (non-hydrogen) atoms. The normalized spacial score (nSPS) is 11.9. The van der Waals surface area contributed by atoms with Gasteiger partial charge in [0, 0.05) is 49.3 Å². The fourth-order valence-corrected chi connectivity index (χ4v) is 8.64. The van der Waals surface area contributed by atoms with Crippen LogP contribution < -0.4 is 4.90 Å². The number of rotatable bonds is 5. The molecule has 12 rings (SSSR count). The van der Waals surface area contributed by atoms with E-state index in [4.69, 9.17) is 13.3 Å². The standard InChI is InChI=1S/C52H31NO3/c1-2-11-32(12-3-1)34-21-24-37(25-22-34)53(38-26-23-33-13-4-5-14-35(33)29-38)44-31-36(39-17-10-18-41-40-15-6-8-19-45(40)55-51(39)41)30-43-50-48(56-52(43)44)28-27-47-49(50)42-16-7-9-20-46(42)54-47/h1-31H. The van der Waals surface area contributed by atoms with Gasteiger partial charge in [-0.05, 0) is 88.1 Å². The summed E-state index contributed by atoms with van der Waals surface area (Å²) >= 11 is 0. The van der Waals surface area contributed by atoms with Crippen molar-refractivity contribution in [2.45, 2.75) is 0 Å². The van der Waals surface area contributed by atoms with Crippen molar-refractivity contribution in [1.29, 1.82) is 0 Å². The zero-order valence-electron chi connectivity index (χ0n) is 30.1. The molecule has 0 aliphatic rings. The topological polar surface area (TPSA) is 42.7 Å². The lowest BCUT2D eigenvalue weighted by Crippen LogP contribution is -2.10. The van der Waals surface area contributed by atoms with Gasteiger partial charge in [0.2, 0.25) is 0 Å². The zero-order valence-corrected chi connectivity index (χ0v) is 30.1. The van der Waals surface area contributed by atoms with Crippen molar-refractivity contribution in [2.24, 2.45) is 0 Å². The number of hydrogen-bond donors (Lipinski definition) is 0. The average Bonchev–Trinajstić information content (AvgIpc) is 3.95. The number of hydrogen-bond acceptors (Lipinski definition) is 4. The van der Waals surface area contributed by atoms with E-state index in [9.17, 15) is 0 Å². The van der Waals surface area contributed by atoms with Crippen LogP contribution in [0.25, 0.3) is 98.8 Å². The monoisotopic (exact) mass is 717 g/mol. The van der Waals surface area contributed by atoms with E-state index in [1.165, 1.54) is 10.9 Å². The predicted molar refractivity (Wildman–Crippen MR) is 231 cm³/mol. The summed E-state index contributed by atoms with van der Waals surface area (Å²) in [6.45, 7) is 0.